The van der Waals surface area contributed by atoms with Crippen molar-refractivity contribution >= 4 is 54.8 Å². The number of nitrogens with zero attached hydrogens (tertiary/aromatic N) is 1. The Balaban J connectivity index is 1.75. The molecule has 0 aliphatic carbocycles. The van der Waals surface area contributed by atoms with E-state index in [9.17, 15) is 13.2 Å². The fourth-order valence-corrected chi connectivity index (χ4v) is 4.38. The second-order valence-corrected chi connectivity index (χ2v) is 10.3. The van der Waals surface area contributed by atoms with Gasteiger partial charge < -0.3 is 10.1 Å². The van der Waals surface area contributed by atoms with Gasteiger partial charge in [-0.05, 0) is 69.5 Å². The van der Waals surface area contributed by atoms with Crippen LogP contribution in [0, 0.1) is 0 Å². The molecule has 0 bridgehead atoms. The van der Waals surface area contributed by atoms with Gasteiger partial charge in [-0.2, -0.15) is 0 Å². The number of hydrogen-bond acceptors (Lipinski definition) is 4. The van der Waals surface area contributed by atoms with E-state index >= 15 is 0 Å². The van der Waals surface area contributed by atoms with E-state index < -0.39 is 10.0 Å². The van der Waals surface area contributed by atoms with Crippen LogP contribution in [0.3, 0.4) is 0 Å². The van der Waals surface area contributed by atoms with Crippen molar-refractivity contribution in [2.45, 2.75) is 13.2 Å². The predicted molar refractivity (Wildman–Crippen MR) is 132 cm³/mol. The topological polar surface area (TPSA) is 75.7 Å². The maximum absolute atomic E-state index is 12.6. The van der Waals surface area contributed by atoms with Crippen LogP contribution in [-0.2, 0) is 27.9 Å². The van der Waals surface area contributed by atoms with Crippen molar-refractivity contribution in [3.05, 3.63) is 92.9 Å². The van der Waals surface area contributed by atoms with E-state index in [1.54, 1.807) is 55.6 Å². The summed E-state index contributed by atoms with van der Waals surface area (Å²) >= 11 is 9.45. The molecule has 0 heterocycles. The van der Waals surface area contributed by atoms with Crippen LogP contribution >= 0.6 is 27.5 Å². The molecule has 168 valence electrons. The largest absolute Gasteiger partial charge is 0.380 e. The first-order chi connectivity index (χ1) is 15.2. The molecule has 0 aliphatic heterocycles. The highest BCUT2D eigenvalue weighted by atomic mass is 79.9. The molecule has 0 spiro atoms. The van der Waals surface area contributed by atoms with Crippen molar-refractivity contribution in [3.63, 3.8) is 0 Å². The Morgan fingerprint density at radius 3 is 2.41 bits per heavy atom. The average Bonchev–Trinajstić information content (AvgIpc) is 2.74. The number of halogens is 2. The molecule has 3 rings (SSSR count). The smallest absolute Gasteiger partial charge is 0.255 e. The fraction of sp³-hybridized carbons (Fsp3) is 0.174. The van der Waals surface area contributed by atoms with Crippen LogP contribution in [-0.4, -0.2) is 27.7 Å². The first-order valence-corrected chi connectivity index (χ1v) is 12.6. The number of methoxy groups -OCH3 is 1. The maximum Gasteiger partial charge on any atom is 0.255 e. The molecule has 9 heteroatoms. The summed E-state index contributed by atoms with van der Waals surface area (Å²) in [7, 11) is -1.94. The lowest BCUT2D eigenvalue weighted by Gasteiger charge is -2.23. The first-order valence-electron chi connectivity index (χ1n) is 9.58. The van der Waals surface area contributed by atoms with Crippen molar-refractivity contribution in [3.8, 4) is 0 Å². The van der Waals surface area contributed by atoms with E-state index in [2.05, 4.69) is 21.2 Å². The molecular formula is C23H22BrClN2O4S. The van der Waals surface area contributed by atoms with E-state index in [1.807, 2.05) is 18.2 Å². The van der Waals surface area contributed by atoms with Crippen LogP contribution in [0.15, 0.2) is 71.2 Å². The van der Waals surface area contributed by atoms with Crippen molar-refractivity contribution in [1.29, 1.82) is 0 Å². The van der Waals surface area contributed by atoms with Crippen LogP contribution in [0.2, 0.25) is 5.02 Å². The quantitative estimate of drug-likeness (QED) is 0.414. The molecule has 1 N–H and O–H groups in total. The zero-order valence-corrected chi connectivity index (χ0v) is 20.7. The third kappa shape index (κ3) is 6.32. The Kier molecular flexibility index (Phi) is 7.95. The molecule has 6 nitrogen and oxygen atoms in total. The fourth-order valence-electron chi connectivity index (χ4n) is 3.08. The van der Waals surface area contributed by atoms with Crippen LogP contribution < -0.4 is 9.62 Å². The molecular weight excluding hydrogens is 516 g/mol. The number of anilines is 2. The Morgan fingerprint density at radius 2 is 1.78 bits per heavy atom. The molecule has 0 saturated heterocycles. The van der Waals surface area contributed by atoms with E-state index in [4.69, 9.17) is 16.3 Å². The number of ether oxygens (including phenoxy) is 1. The van der Waals surface area contributed by atoms with Crippen LogP contribution in [0.1, 0.15) is 21.5 Å². The van der Waals surface area contributed by atoms with E-state index in [1.165, 1.54) is 4.31 Å². The summed E-state index contributed by atoms with van der Waals surface area (Å²) in [6, 6.07) is 19.2. The molecule has 0 atom stereocenters. The number of benzene rings is 3. The van der Waals surface area contributed by atoms with Gasteiger partial charge in [-0.15, -0.1) is 0 Å². The summed E-state index contributed by atoms with van der Waals surface area (Å²) in [5.74, 6) is -0.259. The van der Waals surface area contributed by atoms with Gasteiger partial charge in [0.25, 0.3) is 5.91 Å². The Labute approximate surface area is 201 Å². The molecule has 32 heavy (non-hydrogen) atoms. The molecule has 0 saturated carbocycles. The van der Waals surface area contributed by atoms with E-state index in [0.717, 1.165) is 17.4 Å². The zero-order chi connectivity index (χ0) is 23.3. The van der Waals surface area contributed by atoms with Crippen molar-refractivity contribution in [2.24, 2.45) is 0 Å². The van der Waals surface area contributed by atoms with E-state index in [-0.39, 0.29) is 12.5 Å². The molecule has 0 unspecified atom stereocenters. The minimum Gasteiger partial charge on any atom is -0.380 e. The molecule has 0 aliphatic rings. The highest BCUT2D eigenvalue weighted by Crippen LogP contribution is 2.29. The lowest BCUT2D eigenvalue weighted by molar-refractivity contribution is 0.102. The van der Waals surface area contributed by atoms with Crippen LogP contribution in [0.4, 0.5) is 11.4 Å². The van der Waals surface area contributed by atoms with Gasteiger partial charge in [0.1, 0.15) is 0 Å². The molecule has 0 aromatic heterocycles. The lowest BCUT2D eigenvalue weighted by Crippen LogP contribution is -2.29. The second kappa shape index (κ2) is 10.5. The van der Waals surface area contributed by atoms with E-state index in [0.29, 0.717) is 33.0 Å². The van der Waals surface area contributed by atoms with Gasteiger partial charge in [0.15, 0.2) is 0 Å². The number of amides is 1. The number of carbonyl (C=O) groups excluding carboxylic acids is 1. The van der Waals surface area contributed by atoms with Gasteiger partial charge in [0.2, 0.25) is 10.0 Å². The molecule has 3 aromatic rings. The van der Waals surface area contributed by atoms with Crippen molar-refractivity contribution in [1.82, 2.24) is 0 Å². The highest BCUT2D eigenvalue weighted by Gasteiger charge is 2.19. The Hall–Kier alpha value is -2.39. The Morgan fingerprint density at radius 1 is 1.06 bits per heavy atom. The summed E-state index contributed by atoms with van der Waals surface area (Å²) < 4.78 is 31.8. The zero-order valence-electron chi connectivity index (χ0n) is 17.5. The first kappa shape index (κ1) is 24.3. The molecule has 0 radical (unpaired) electrons. The summed E-state index contributed by atoms with van der Waals surface area (Å²) in [6.45, 7) is 0.566. The van der Waals surface area contributed by atoms with Gasteiger partial charge >= 0.3 is 0 Å². The van der Waals surface area contributed by atoms with Gasteiger partial charge in [0.05, 0.1) is 30.1 Å². The Bertz CT molecular complexity index is 1220. The normalized spacial score (nSPS) is 11.2. The minimum absolute atomic E-state index is 0.109. The maximum atomic E-state index is 12.6. The molecule has 3 aromatic carbocycles. The third-order valence-electron chi connectivity index (χ3n) is 4.63. The predicted octanol–water partition coefficient (Wildman–Crippen LogP) is 5.47. The monoisotopic (exact) mass is 536 g/mol. The summed E-state index contributed by atoms with van der Waals surface area (Å²) in [4.78, 5) is 12.6. The second-order valence-electron chi connectivity index (χ2n) is 7.15. The van der Waals surface area contributed by atoms with Gasteiger partial charge in [0, 0.05) is 22.8 Å². The summed E-state index contributed by atoms with van der Waals surface area (Å²) in [5, 5.41) is 3.27. The van der Waals surface area contributed by atoms with Crippen molar-refractivity contribution in [2.75, 3.05) is 23.0 Å². The summed E-state index contributed by atoms with van der Waals surface area (Å²) in [6.07, 6.45) is 1.14. The number of carbonyl (C=O) groups is 1. The van der Waals surface area contributed by atoms with Gasteiger partial charge in [-0.3, -0.25) is 9.10 Å². The van der Waals surface area contributed by atoms with Crippen molar-refractivity contribution < 1.29 is 17.9 Å². The molecule has 1 amide bonds. The number of hydrogen-bond donors (Lipinski definition) is 1. The third-order valence-corrected chi connectivity index (χ3v) is 7.00. The number of rotatable bonds is 8. The van der Waals surface area contributed by atoms with Crippen LogP contribution in [0.5, 0.6) is 0 Å². The SMILES string of the molecule is COCc1cccc(NC(=O)c2ccc(CN(c3ccc(Br)c(Cl)c3)S(C)(=O)=O)cc2)c1. The minimum atomic E-state index is -3.55. The van der Waals surface area contributed by atoms with Gasteiger partial charge in [-0.1, -0.05) is 35.9 Å². The standard InChI is InChI=1S/C23H22BrClN2O4S/c1-31-15-17-4-3-5-19(12-17)26-23(28)18-8-6-16(7-9-18)14-27(32(2,29)30)20-10-11-21(24)22(25)13-20/h3-13H,14-15H2,1-2H3,(H,26,28). The van der Waals surface area contributed by atoms with Gasteiger partial charge in [-0.25, -0.2) is 8.42 Å². The highest BCUT2D eigenvalue weighted by molar-refractivity contribution is 9.10. The summed E-state index contributed by atoms with van der Waals surface area (Å²) in [5.41, 5.74) is 3.27. The van der Waals surface area contributed by atoms with Crippen LogP contribution in [0.25, 0.3) is 0 Å². The average molecular weight is 538 g/mol. The lowest BCUT2D eigenvalue weighted by atomic mass is 10.1. The molecule has 0 fully saturated rings. The number of nitrogens with one attached hydrogen (secondary N) is 1. The number of sulfonamides is 1.